The molecule has 0 fully saturated rings. The lowest BCUT2D eigenvalue weighted by Gasteiger charge is -2.00. The first-order valence-electron chi connectivity index (χ1n) is 3.56. The molecule has 4 heteroatoms. The highest BCUT2D eigenvalue weighted by molar-refractivity contribution is 7.80. The van der Waals surface area contributed by atoms with E-state index in [4.69, 9.17) is 23.1 Å². The maximum atomic E-state index is 8.77. The average molecular weight is 182 g/mol. The van der Waals surface area contributed by atoms with Gasteiger partial charge in [-0.15, -0.1) is 0 Å². The SMILES string of the molecule is NC(=S)Cc1cccc(CO)n1. The number of aromatic nitrogens is 1. The van der Waals surface area contributed by atoms with Gasteiger partial charge in [-0.3, -0.25) is 4.98 Å². The summed E-state index contributed by atoms with van der Waals surface area (Å²) in [5.74, 6) is 0. The lowest BCUT2D eigenvalue weighted by molar-refractivity contribution is 0.276. The molecule has 64 valence electrons. The van der Waals surface area contributed by atoms with Gasteiger partial charge in [0.1, 0.15) is 0 Å². The first-order valence-corrected chi connectivity index (χ1v) is 3.97. The van der Waals surface area contributed by atoms with Gasteiger partial charge in [0, 0.05) is 12.1 Å². The molecule has 1 heterocycles. The minimum absolute atomic E-state index is 0.0504. The van der Waals surface area contributed by atoms with Crippen LogP contribution >= 0.6 is 12.2 Å². The molecule has 1 aromatic rings. The Kier molecular flexibility index (Phi) is 3.13. The summed E-state index contributed by atoms with van der Waals surface area (Å²) >= 11 is 4.73. The summed E-state index contributed by atoms with van der Waals surface area (Å²) in [7, 11) is 0. The number of hydrogen-bond acceptors (Lipinski definition) is 3. The van der Waals surface area contributed by atoms with Crippen molar-refractivity contribution in [1.29, 1.82) is 0 Å². The van der Waals surface area contributed by atoms with Crippen LogP contribution in [0.3, 0.4) is 0 Å². The molecule has 0 saturated heterocycles. The highest BCUT2D eigenvalue weighted by Gasteiger charge is 1.97. The number of rotatable bonds is 3. The number of aliphatic hydroxyl groups excluding tert-OH is 1. The van der Waals surface area contributed by atoms with E-state index < -0.39 is 0 Å². The number of aliphatic hydroxyl groups is 1. The Bertz CT molecular complexity index is 288. The van der Waals surface area contributed by atoms with Crippen molar-refractivity contribution < 1.29 is 5.11 Å². The van der Waals surface area contributed by atoms with E-state index in [9.17, 15) is 0 Å². The molecule has 0 unspecified atom stereocenters. The van der Waals surface area contributed by atoms with Crippen LogP contribution in [0.1, 0.15) is 11.4 Å². The first kappa shape index (κ1) is 9.09. The second kappa shape index (κ2) is 4.13. The van der Waals surface area contributed by atoms with E-state index in [-0.39, 0.29) is 6.61 Å². The summed E-state index contributed by atoms with van der Waals surface area (Å²) in [6.07, 6.45) is 0.489. The summed E-state index contributed by atoms with van der Waals surface area (Å²) in [4.78, 5) is 4.53. The van der Waals surface area contributed by atoms with Crippen molar-refractivity contribution in [3.8, 4) is 0 Å². The van der Waals surface area contributed by atoms with Crippen LogP contribution in [0.25, 0.3) is 0 Å². The van der Waals surface area contributed by atoms with Crippen molar-refractivity contribution in [3.63, 3.8) is 0 Å². The van der Waals surface area contributed by atoms with Gasteiger partial charge >= 0.3 is 0 Å². The predicted octanol–water partition coefficient (Wildman–Crippen LogP) is 0.403. The Morgan fingerprint density at radius 2 is 2.17 bits per heavy atom. The number of nitrogens with zero attached hydrogens (tertiary/aromatic N) is 1. The van der Waals surface area contributed by atoms with Crippen LogP contribution in [0.4, 0.5) is 0 Å². The molecule has 0 aliphatic carbocycles. The topological polar surface area (TPSA) is 59.1 Å². The minimum Gasteiger partial charge on any atom is -0.393 e. The molecule has 0 radical (unpaired) electrons. The highest BCUT2D eigenvalue weighted by Crippen LogP contribution is 2.00. The zero-order valence-corrected chi connectivity index (χ0v) is 7.34. The maximum absolute atomic E-state index is 8.77. The molecule has 0 bridgehead atoms. The number of thiocarbonyl (C=S) groups is 1. The van der Waals surface area contributed by atoms with E-state index >= 15 is 0 Å². The summed E-state index contributed by atoms with van der Waals surface area (Å²) in [6, 6.07) is 5.41. The molecule has 3 nitrogen and oxygen atoms in total. The summed E-state index contributed by atoms with van der Waals surface area (Å²) in [5, 5.41) is 8.77. The molecule has 0 saturated carbocycles. The highest BCUT2D eigenvalue weighted by atomic mass is 32.1. The van der Waals surface area contributed by atoms with Gasteiger partial charge in [-0.05, 0) is 12.1 Å². The second-order valence-electron chi connectivity index (χ2n) is 2.42. The van der Waals surface area contributed by atoms with Gasteiger partial charge in [-0.2, -0.15) is 0 Å². The Morgan fingerprint density at radius 3 is 2.75 bits per heavy atom. The van der Waals surface area contributed by atoms with Crippen LogP contribution in [0.15, 0.2) is 18.2 Å². The Hall–Kier alpha value is -1.00. The van der Waals surface area contributed by atoms with Gasteiger partial charge in [0.25, 0.3) is 0 Å². The van der Waals surface area contributed by atoms with Gasteiger partial charge < -0.3 is 10.8 Å². The smallest absolute Gasteiger partial charge is 0.0853 e. The second-order valence-corrected chi connectivity index (χ2v) is 2.95. The standard InChI is InChI=1S/C8H10N2OS/c9-8(12)4-6-2-1-3-7(5-11)10-6/h1-3,11H,4-5H2,(H2,9,12). The summed E-state index contributed by atoms with van der Waals surface area (Å²) in [6.45, 7) is -0.0504. The van der Waals surface area contributed by atoms with Crippen molar-refractivity contribution >= 4 is 17.2 Å². The van der Waals surface area contributed by atoms with E-state index in [0.717, 1.165) is 5.69 Å². The van der Waals surface area contributed by atoms with Gasteiger partial charge in [0.05, 0.1) is 17.3 Å². The number of nitrogens with two attached hydrogens (primary N) is 1. The van der Waals surface area contributed by atoms with Crippen molar-refractivity contribution in [2.75, 3.05) is 0 Å². The number of pyridine rings is 1. The van der Waals surface area contributed by atoms with E-state index in [1.54, 1.807) is 6.07 Å². The third kappa shape index (κ3) is 2.56. The van der Waals surface area contributed by atoms with Crippen molar-refractivity contribution in [2.24, 2.45) is 5.73 Å². The Morgan fingerprint density at radius 1 is 1.50 bits per heavy atom. The third-order valence-electron chi connectivity index (χ3n) is 1.38. The molecule has 0 aromatic carbocycles. The molecule has 3 N–H and O–H groups in total. The molecule has 0 spiro atoms. The molecular weight excluding hydrogens is 172 g/mol. The lowest BCUT2D eigenvalue weighted by Crippen LogP contribution is -2.12. The minimum atomic E-state index is -0.0504. The van der Waals surface area contributed by atoms with E-state index in [2.05, 4.69) is 4.98 Å². The molecule has 1 aromatic heterocycles. The molecule has 0 aliphatic heterocycles. The molecular formula is C8H10N2OS. The average Bonchev–Trinajstić information content (AvgIpc) is 2.03. The van der Waals surface area contributed by atoms with Crippen molar-refractivity contribution in [1.82, 2.24) is 4.98 Å². The monoisotopic (exact) mass is 182 g/mol. The molecule has 0 atom stereocenters. The lowest BCUT2D eigenvalue weighted by atomic mass is 10.2. The third-order valence-corrected chi connectivity index (χ3v) is 1.53. The van der Waals surface area contributed by atoms with Crippen LogP contribution in [0.2, 0.25) is 0 Å². The predicted molar refractivity (Wildman–Crippen MR) is 50.6 cm³/mol. The fourth-order valence-electron chi connectivity index (χ4n) is 0.894. The fourth-order valence-corrected chi connectivity index (χ4v) is 1.04. The van der Waals surface area contributed by atoms with Gasteiger partial charge in [0.15, 0.2) is 0 Å². The van der Waals surface area contributed by atoms with Crippen LogP contribution in [-0.4, -0.2) is 15.1 Å². The zero-order valence-electron chi connectivity index (χ0n) is 6.53. The van der Waals surface area contributed by atoms with E-state index in [0.29, 0.717) is 17.1 Å². The van der Waals surface area contributed by atoms with E-state index in [1.165, 1.54) is 0 Å². The summed E-state index contributed by atoms with van der Waals surface area (Å²) < 4.78 is 0. The molecule has 0 amide bonds. The quantitative estimate of drug-likeness (QED) is 0.664. The van der Waals surface area contributed by atoms with Gasteiger partial charge in [0.2, 0.25) is 0 Å². The van der Waals surface area contributed by atoms with Crippen LogP contribution in [-0.2, 0) is 13.0 Å². The van der Waals surface area contributed by atoms with Crippen LogP contribution in [0.5, 0.6) is 0 Å². The van der Waals surface area contributed by atoms with E-state index in [1.807, 2.05) is 12.1 Å². The molecule has 0 aliphatic rings. The van der Waals surface area contributed by atoms with Gasteiger partial charge in [-0.25, -0.2) is 0 Å². The maximum Gasteiger partial charge on any atom is 0.0853 e. The Labute approximate surface area is 76.2 Å². The number of hydrogen-bond donors (Lipinski definition) is 2. The zero-order chi connectivity index (χ0) is 8.97. The van der Waals surface area contributed by atoms with Crippen LogP contribution in [0, 0.1) is 0 Å². The van der Waals surface area contributed by atoms with Gasteiger partial charge in [-0.1, -0.05) is 18.3 Å². The molecule has 1 rings (SSSR count). The van der Waals surface area contributed by atoms with Crippen molar-refractivity contribution in [2.45, 2.75) is 13.0 Å². The largest absolute Gasteiger partial charge is 0.393 e. The Balaban J connectivity index is 2.79. The first-order chi connectivity index (χ1) is 5.72. The normalized spacial score (nSPS) is 9.75. The van der Waals surface area contributed by atoms with Crippen molar-refractivity contribution in [3.05, 3.63) is 29.6 Å². The molecule has 12 heavy (non-hydrogen) atoms. The van der Waals surface area contributed by atoms with Crippen LogP contribution < -0.4 is 5.73 Å². The summed E-state index contributed by atoms with van der Waals surface area (Å²) in [5.41, 5.74) is 6.79. The fraction of sp³-hybridized carbons (Fsp3) is 0.250.